The molecule has 1 aromatic carbocycles. The maximum absolute atomic E-state index is 6.04. The van der Waals surface area contributed by atoms with E-state index in [1.807, 2.05) is 6.07 Å². The number of ether oxygens (including phenoxy) is 1. The van der Waals surface area contributed by atoms with Crippen LogP contribution in [0.15, 0.2) is 18.2 Å². The van der Waals surface area contributed by atoms with Gasteiger partial charge in [-0.05, 0) is 37.0 Å². The number of rotatable bonds is 4. The number of aryl methyl sites for hydroxylation is 1. The molecule has 2 atom stereocenters. The summed E-state index contributed by atoms with van der Waals surface area (Å²) in [5, 5.41) is 3.55. The van der Waals surface area contributed by atoms with Crippen LogP contribution in [0, 0.1) is 6.92 Å². The highest BCUT2D eigenvalue weighted by molar-refractivity contribution is 5.36. The summed E-state index contributed by atoms with van der Waals surface area (Å²) in [6, 6.07) is 7.12. The molecule has 17 heavy (non-hydrogen) atoms. The lowest BCUT2D eigenvalue weighted by atomic mass is 10.1. The van der Waals surface area contributed by atoms with Crippen molar-refractivity contribution in [3.63, 3.8) is 0 Å². The van der Waals surface area contributed by atoms with E-state index in [-0.39, 0.29) is 0 Å². The van der Waals surface area contributed by atoms with Crippen molar-refractivity contribution < 1.29 is 4.74 Å². The van der Waals surface area contributed by atoms with Gasteiger partial charge in [0.15, 0.2) is 0 Å². The van der Waals surface area contributed by atoms with Gasteiger partial charge in [-0.25, -0.2) is 0 Å². The highest BCUT2D eigenvalue weighted by Crippen LogP contribution is 2.20. The standard InChI is InChI=1S/C14H22N2O/c1-10-8-11(6-7-14(10)17-2)9-16-13-5-3-4-12(13)15/h6-8,12-13,16H,3-5,9,15H2,1-2H3. The first-order chi connectivity index (χ1) is 8.20. The monoisotopic (exact) mass is 234 g/mol. The lowest BCUT2D eigenvalue weighted by Crippen LogP contribution is -2.40. The Morgan fingerprint density at radius 3 is 2.82 bits per heavy atom. The van der Waals surface area contributed by atoms with E-state index in [1.165, 1.54) is 24.0 Å². The van der Waals surface area contributed by atoms with Crippen LogP contribution in [0.1, 0.15) is 30.4 Å². The maximum Gasteiger partial charge on any atom is 0.121 e. The van der Waals surface area contributed by atoms with E-state index in [4.69, 9.17) is 10.5 Å². The highest BCUT2D eigenvalue weighted by Gasteiger charge is 2.22. The molecule has 0 radical (unpaired) electrons. The average Bonchev–Trinajstić information content (AvgIpc) is 2.72. The van der Waals surface area contributed by atoms with Crippen LogP contribution in [-0.4, -0.2) is 19.2 Å². The molecule has 0 aromatic heterocycles. The Bertz CT molecular complexity index is 378. The normalized spacial score (nSPS) is 23.9. The van der Waals surface area contributed by atoms with Gasteiger partial charge in [-0.15, -0.1) is 0 Å². The lowest BCUT2D eigenvalue weighted by molar-refractivity contribution is 0.411. The molecule has 0 spiro atoms. The molecule has 0 saturated heterocycles. The fourth-order valence-electron chi connectivity index (χ4n) is 2.54. The zero-order chi connectivity index (χ0) is 12.3. The molecule has 2 unspecified atom stereocenters. The van der Waals surface area contributed by atoms with Gasteiger partial charge in [0, 0.05) is 18.6 Å². The predicted molar refractivity (Wildman–Crippen MR) is 70.2 cm³/mol. The van der Waals surface area contributed by atoms with E-state index in [0.717, 1.165) is 18.7 Å². The Hall–Kier alpha value is -1.06. The Morgan fingerprint density at radius 2 is 2.24 bits per heavy atom. The summed E-state index contributed by atoms with van der Waals surface area (Å²) in [6.07, 6.45) is 3.61. The van der Waals surface area contributed by atoms with Crippen molar-refractivity contribution in [1.29, 1.82) is 0 Å². The molecular weight excluding hydrogens is 212 g/mol. The van der Waals surface area contributed by atoms with Crippen molar-refractivity contribution in [2.24, 2.45) is 5.73 Å². The summed E-state index contributed by atoms with van der Waals surface area (Å²) in [5.41, 5.74) is 8.51. The molecule has 2 rings (SSSR count). The zero-order valence-electron chi connectivity index (χ0n) is 10.7. The SMILES string of the molecule is COc1ccc(CNC2CCCC2N)cc1C. The van der Waals surface area contributed by atoms with Crippen molar-refractivity contribution in [3.8, 4) is 5.75 Å². The fourth-order valence-corrected chi connectivity index (χ4v) is 2.54. The van der Waals surface area contributed by atoms with Crippen molar-refractivity contribution in [2.75, 3.05) is 7.11 Å². The van der Waals surface area contributed by atoms with Gasteiger partial charge >= 0.3 is 0 Å². The molecule has 1 fully saturated rings. The quantitative estimate of drug-likeness (QED) is 0.837. The van der Waals surface area contributed by atoms with E-state index in [0.29, 0.717) is 12.1 Å². The van der Waals surface area contributed by atoms with Crippen LogP contribution in [0.3, 0.4) is 0 Å². The smallest absolute Gasteiger partial charge is 0.121 e. The number of hydrogen-bond acceptors (Lipinski definition) is 3. The molecule has 0 amide bonds. The van der Waals surface area contributed by atoms with Gasteiger partial charge in [-0.1, -0.05) is 18.6 Å². The van der Waals surface area contributed by atoms with Crippen LogP contribution in [0.4, 0.5) is 0 Å². The van der Waals surface area contributed by atoms with E-state index in [1.54, 1.807) is 7.11 Å². The van der Waals surface area contributed by atoms with Gasteiger partial charge in [0.05, 0.1) is 7.11 Å². The van der Waals surface area contributed by atoms with E-state index in [2.05, 4.69) is 24.4 Å². The van der Waals surface area contributed by atoms with Gasteiger partial charge in [0.25, 0.3) is 0 Å². The summed E-state index contributed by atoms with van der Waals surface area (Å²) in [5.74, 6) is 0.950. The topological polar surface area (TPSA) is 47.3 Å². The second-order valence-corrected chi connectivity index (χ2v) is 4.89. The van der Waals surface area contributed by atoms with Crippen LogP contribution in [0.2, 0.25) is 0 Å². The van der Waals surface area contributed by atoms with E-state index in [9.17, 15) is 0 Å². The maximum atomic E-state index is 6.04. The minimum atomic E-state index is 0.328. The molecule has 1 aromatic rings. The van der Waals surface area contributed by atoms with Crippen LogP contribution in [-0.2, 0) is 6.54 Å². The molecule has 0 aliphatic heterocycles. The molecule has 1 aliphatic carbocycles. The van der Waals surface area contributed by atoms with Gasteiger partial charge < -0.3 is 15.8 Å². The Labute approximate surface area is 103 Å². The second-order valence-electron chi connectivity index (χ2n) is 4.89. The minimum absolute atomic E-state index is 0.328. The van der Waals surface area contributed by atoms with Gasteiger partial charge in [0.2, 0.25) is 0 Å². The fraction of sp³-hybridized carbons (Fsp3) is 0.571. The highest BCUT2D eigenvalue weighted by atomic mass is 16.5. The first kappa shape index (κ1) is 12.4. The predicted octanol–water partition coefficient (Wildman–Crippen LogP) is 1.97. The molecule has 1 aliphatic rings. The first-order valence-electron chi connectivity index (χ1n) is 6.33. The van der Waals surface area contributed by atoms with E-state index < -0.39 is 0 Å². The number of benzene rings is 1. The summed E-state index contributed by atoms with van der Waals surface area (Å²) >= 11 is 0. The number of nitrogens with one attached hydrogen (secondary N) is 1. The second kappa shape index (κ2) is 5.52. The summed E-state index contributed by atoms with van der Waals surface area (Å²) in [7, 11) is 1.71. The summed E-state index contributed by atoms with van der Waals surface area (Å²) in [4.78, 5) is 0. The number of methoxy groups -OCH3 is 1. The largest absolute Gasteiger partial charge is 0.496 e. The van der Waals surface area contributed by atoms with Crippen LogP contribution >= 0.6 is 0 Å². The van der Waals surface area contributed by atoms with Crippen molar-refractivity contribution in [3.05, 3.63) is 29.3 Å². The average molecular weight is 234 g/mol. The Kier molecular flexibility index (Phi) is 4.02. The molecule has 3 nitrogen and oxygen atoms in total. The van der Waals surface area contributed by atoms with Gasteiger partial charge in [0.1, 0.15) is 5.75 Å². The third-order valence-corrected chi connectivity index (χ3v) is 3.60. The zero-order valence-corrected chi connectivity index (χ0v) is 10.7. The van der Waals surface area contributed by atoms with Crippen molar-refractivity contribution >= 4 is 0 Å². The minimum Gasteiger partial charge on any atom is -0.496 e. The van der Waals surface area contributed by atoms with Crippen LogP contribution < -0.4 is 15.8 Å². The molecule has 94 valence electrons. The molecule has 0 heterocycles. The third-order valence-electron chi connectivity index (χ3n) is 3.60. The van der Waals surface area contributed by atoms with Gasteiger partial charge in [-0.3, -0.25) is 0 Å². The Morgan fingerprint density at radius 1 is 1.41 bits per heavy atom. The molecular formula is C14H22N2O. The van der Waals surface area contributed by atoms with Crippen molar-refractivity contribution in [1.82, 2.24) is 5.32 Å². The number of hydrogen-bond donors (Lipinski definition) is 2. The Balaban J connectivity index is 1.92. The third kappa shape index (κ3) is 2.99. The molecule has 3 N–H and O–H groups in total. The molecule has 0 bridgehead atoms. The van der Waals surface area contributed by atoms with Crippen LogP contribution in [0.25, 0.3) is 0 Å². The molecule has 3 heteroatoms. The summed E-state index contributed by atoms with van der Waals surface area (Å²) < 4.78 is 5.25. The summed E-state index contributed by atoms with van der Waals surface area (Å²) in [6.45, 7) is 2.97. The first-order valence-corrected chi connectivity index (χ1v) is 6.33. The molecule has 1 saturated carbocycles. The van der Waals surface area contributed by atoms with Crippen molar-refractivity contribution in [2.45, 2.75) is 44.8 Å². The number of nitrogens with two attached hydrogens (primary N) is 1. The van der Waals surface area contributed by atoms with Crippen LogP contribution in [0.5, 0.6) is 5.75 Å². The lowest BCUT2D eigenvalue weighted by Gasteiger charge is -2.17. The van der Waals surface area contributed by atoms with Gasteiger partial charge in [-0.2, -0.15) is 0 Å². The van der Waals surface area contributed by atoms with E-state index >= 15 is 0 Å².